The van der Waals surface area contributed by atoms with E-state index < -0.39 is 0 Å². The summed E-state index contributed by atoms with van der Waals surface area (Å²) in [6, 6.07) is 12.1. The van der Waals surface area contributed by atoms with Crippen LogP contribution in [0.1, 0.15) is 18.1 Å². The normalized spacial score (nSPS) is 12.0. The van der Waals surface area contributed by atoms with E-state index in [1.165, 1.54) is 23.9 Å². The Morgan fingerprint density at radius 3 is 2.46 bits per heavy atom. The molecule has 1 atom stereocenters. The number of thioether (sulfide) groups is 1. The van der Waals surface area contributed by atoms with E-state index in [1.807, 2.05) is 39.0 Å². The van der Waals surface area contributed by atoms with Crippen LogP contribution in [0, 0.1) is 19.7 Å². The number of aromatic nitrogens is 2. The Balaban J connectivity index is 1.67. The number of nitrogens with one attached hydrogen (secondary N) is 2. The van der Waals surface area contributed by atoms with E-state index in [1.54, 1.807) is 18.3 Å². The van der Waals surface area contributed by atoms with Gasteiger partial charge in [-0.2, -0.15) is 0 Å². The Morgan fingerprint density at radius 1 is 1.15 bits per heavy atom. The number of hydrogen-bond donors (Lipinski definition) is 2. The fraction of sp³-hybridized carbons (Fsp3) is 0.200. The number of imidazole rings is 1. The number of H-pyrrole nitrogens is 1. The first-order valence-corrected chi connectivity index (χ1v) is 9.16. The zero-order chi connectivity index (χ0) is 18.7. The molecule has 0 aliphatic heterocycles. The summed E-state index contributed by atoms with van der Waals surface area (Å²) >= 11 is 1.35. The molecular weight excluding hydrogens is 349 g/mol. The molecule has 0 saturated carbocycles. The molecular formula is C20H20FN3OS. The van der Waals surface area contributed by atoms with Crippen molar-refractivity contribution in [3.8, 4) is 11.3 Å². The maximum Gasteiger partial charge on any atom is 0.237 e. The van der Waals surface area contributed by atoms with Crippen molar-refractivity contribution in [2.24, 2.45) is 0 Å². The van der Waals surface area contributed by atoms with Crippen molar-refractivity contribution in [1.82, 2.24) is 9.97 Å². The zero-order valence-electron chi connectivity index (χ0n) is 14.8. The van der Waals surface area contributed by atoms with Crippen LogP contribution in [-0.4, -0.2) is 21.1 Å². The Kier molecular flexibility index (Phi) is 5.42. The summed E-state index contributed by atoms with van der Waals surface area (Å²) in [6.07, 6.45) is 1.69. The molecule has 1 heterocycles. The fourth-order valence-electron chi connectivity index (χ4n) is 2.60. The standard InChI is InChI=1S/C20H20FN3OS/c1-12-5-4-6-13(2)18(12)24-19(25)14(3)26-20-22-11-17(23-20)15-7-9-16(21)10-8-15/h4-11,14H,1-3H3,(H,22,23)(H,24,25)/t14-/m1/s1. The van der Waals surface area contributed by atoms with Crippen molar-refractivity contribution in [3.05, 3.63) is 65.6 Å². The monoisotopic (exact) mass is 369 g/mol. The molecule has 26 heavy (non-hydrogen) atoms. The van der Waals surface area contributed by atoms with E-state index in [0.717, 1.165) is 28.1 Å². The summed E-state index contributed by atoms with van der Waals surface area (Å²) in [5.41, 5.74) is 4.56. The number of halogens is 1. The number of hydrogen-bond acceptors (Lipinski definition) is 3. The molecule has 0 unspecified atom stereocenters. The van der Waals surface area contributed by atoms with Crippen molar-refractivity contribution >= 4 is 23.4 Å². The van der Waals surface area contributed by atoms with Crippen molar-refractivity contribution in [1.29, 1.82) is 0 Å². The lowest BCUT2D eigenvalue weighted by atomic mass is 10.1. The Morgan fingerprint density at radius 2 is 1.81 bits per heavy atom. The van der Waals surface area contributed by atoms with Crippen LogP contribution in [0.2, 0.25) is 0 Å². The largest absolute Gasteiger partial charge is 0.333 e. The van der Waals surface area contributed by atoms with Crippen molar-refractivity contribution in [2.45, 2.75) is 31.2 Å². The maximum absolute atomic E-state index is 13.0. The van der Waals surface area contributed by atoms with Gasteiger partial charge in [-0.1, -0.05) is 30.0 Å². The average Bonchev–Trinajstić information content (AvgIpc) is 3.07. The third kappa shape index (κ3) is 4.14. The van der Waals surface area contributed by atoms with Gasteiger partial charge in [-0.3, -0.25) is 4.79 Å². The molecule has 0 spiro atoms. The minimum atomic E-state index is -0.318. The van der Waals surface area contributed by atoms with Crippen molar-refractivity contribution < 1.29 is 9.18 Å². The van der Waals surface area contributed by atoms with Crippen LogP contribution >= 0.6 is 11.8 Å². The number of amides is 1. The second-order valence-electron chi connectivity index (χ2n) is 6.13. The van der Waals surface area contributed by atoms with E-state index in [4.69, 9.17) is 0 Å². The second-order valence-corrected chi connectivity index (χ2v) is 7.45. The first-order valence-electron chi connectivity index (χ1n) is 8.28. The summed E-state index contributed by atoms with van der Waals surface area (Å²) in [4.78, 5) is 20.0. The van der Waals surface area contributed by atoms with Gasteiger partial charge in [-0.25, -0.2) is 9.37 Å². The molecule has 3 aromatic rings. The predicted octanol–water partition coefficient (Wildman–Crippen LogP) is 4.95. The number of nitrogens with zero attached hydrogens (tertiary/aromatic N) is 1. The number of benzene rings is 2. The van der Waals surface area contributed by atoms with E-state index in [-0.39, 0.29) is 17.0 Å². The van der Waals surface area contributed by atoms with Crippen LogP contribution < -0.4 is 5.32 Å². The molecule has 0 fully saturated rings. The molecule has 2 aromatic carbocycles. The Bertz CT molecular complexity index is 901. The van der Waals surface area contributed by atoms with Crippen LogP contribution in [0.4, 0.5) is 10.1 Å². The molecule has 3 rings (SSSR count). The molecule has 6 heteroatoms. The number of carbonyl (C=O) groups excluding carboxylic acids is 1. The summed E-state index contributed by atoms with van der Waals surface area (Å²) in [5, 5.41) is 3.33. The first-order chi connectivity index (χ1) is 12.4. The van der Waals surface area contributed by atoms with Gasteiger partial charge in [0.2, 0.25) is 5.91 Å². The number of aryl methyl sites for hydroxylation is 2. The topological polar surface area (TPSA) is 57.8 Å². The van der Waals surface area contributed by atoms with Gasteiger partial charge in [0.15, 0.2) is 5.16 Å². The molecule has 0 saturated heterocycles. The summed E-state index contributed by atoms with van der Waals surface area (Å²) < 4.78 is 13.0. The van der Waals surface area contributed by atoms with Crippen LogP contribution in [0.15, 0.2) is 53.8 Å². The second kappa shape index (κ2) is 7.74. The molecule has 0 bridgehead atoms. The lowest BCUT2D eigenvalue weighted by molar-refractivity contribution is -0.115. The van der Waals surface area contributed by atoms with Gasteiger partial charge in [-0.15, -0.1) is 0 Å². The van der Waals surface area contributed by atoms with Crippen molar-refractivity contribution in [2.75, 3.05) is 5.32 Å². The average molecular weight is 369 g/mol. The number of rotatable bonds is 5. The smallest absolute Gasteiger partial charge is 0.237 e. The van der Waals surface area contributed by atoms with Gasteiger partial charge >= 0.3 is 0 Å². The molecule has 0 radical (unpaired) electrons. The van der Waals surface area contributed by atoms with Gasteiger partial charge in [0.1, 0.15) is 5.82 Å². The van der Waals surface area contributed by atoms with Gasteiger partial charge in [-0.05, 0) is 61.7 Å². The number of para-hydroxylation sites is 1. The molecule has 2 N–H and O–H groups in total. The minimum absolute atomic E-state index is 0.0767. The summed E-state index contributed by atoms with van der Waals surface area (Å²) in [5.74, 6) is -0.355. The Labute approximate surface area is 156 Å². The highest BCUT2D eigenvalue weighted by atomic mass is 32.2. The Hall–Kier alpha value is -2.60. The lowest BCUT2D eigenvalue weighted by Crippen LogP contribution is -2.23. The van der Waals surface area contributed by atoms with Crippen molar-refractivity contribution in [3.63, 3.8) is 0 Å². The van der Waals surface area contributed by atoms with Crippen LogP contribution in [0.3, 0.4) is 0 Å². The van der Waals surface area contributed by atoms with Crippen LogP contribution in [0.5, 0.6) is 0 Å². The lowest BCUT2D eigenvalue weighted by Gasteiger charge is -2.14. The fourth-order valence-corrected chi connectivity index (χ4v) is 3.38. The maximum atomic E-state index is 13.0. The van der Waals surface area contributed by atoms with E-state index >= 15 is 0 Å². The third-order valence-corrected chi connectivity index (χ3v) is 5.09. The molecule has 0 aliphatic rings. The molecule has 1 aromatic heterocycles. The molecule has 0 aliphatic carbocycles. The van der Waals surface area contributed by atoms with Gasteiger partial charge < -0.3 is 10.3 Å². The SMILES string of the molecule is Cc1cccc(C)c1NC(=O)[C@@H](C)Sc1ncc(-c2ccc(F)cc2)[nH]1. The van der Waals surface area contributed by atoms with E-state index in [2.05, 4.69) is 15.3 Å². The van der Waals surface area contributed by atoms with Gasteiger partial charge in [0, 0.05) is 5.69 Å². The van der Waals surface area contributed by atoms with E-state index in [0.29, 0.717) is 5.16 Å². The third-order valence-electron chi connectivity index (χ3n) is 4.09. The quantitative estimate of drug-likeness (QED) is 0.626. The van der Waals surface area contributed by atoms with Gasteiger partial charge in [0.05, 0.1) is 17.1 Å². The summed E-state index contributed by atoms with van der Waals surface area (Å²) in [7, 11) is 0. The highest BCUT2D eigenvalue weighted by Gasteiger charge is 2.18. The molecule has 1 amide bonds. The molecule has 134 valence electrons. The molecule has 4 nitrogen and oxygen atoms in total. The number of aromatic amines is 1. The minimum Gasteiger partial charge on any atom is -0.333 e. The zero-order valence-corrected chi connectivity index (χ0v) is 15.7. The number of carbonyl (C=O) groups is 1. The highest BCUT2D eigenvalue weighted by Crippen LogP contribution is 2.26. The predicted molar refractivity (Wildman–Crippen MR) is 104 cm³/mol. The van der Waals surface area contributed by atoms with Crippen LogP contribution in [-0.2, 0) is 4.79 Å². The van der Waals surface area contributed by atoms with Crippen LogP contribution in [0.25, 0.3) is 11.3 Å². The number of anilines is 1. The van der Waals surface area contributed by atoms with E-state index in [9.17, 15) is 9.18 Å². The summed E-state index contributed by atoms with van der Waals surface area (Å²) in [6.45, 7) is 5.79. The highest BCUT2D eigenvalue weighted by molar-refractivity contribution is 8.00. The first kappa shape index (κ1) is 18.2. The van der Waals surface area contributed by atoms with Gasteiger partial charge in [0.25, 0.3) is 0 Å².